The van der Waals surface area contributed by atoms with Gasteiger partial charge in [0.25, 0.3) is 0 Å². The molecule has 3 N–H and O–H groups in total. The van der Waals surface area contributed by atoms with E-state index in [-0.39, 0.29) is 25.5 Å². The molecule has 3 unspecified atom stereocenters. The number of hydrogen-bond acceptors (Lipinski definition) is 5. The standard InChI is InChI=1S/C84H141N2O6P/c1-6-8-10-12-14-16-18-20-22-24-26-28-30-32-34-36-38-40-41-42-43-44-45-46-48-50-52-54-56-58-60-62-64-66-68-70-72-74-76-78-84(88)85-82(81-92-93(89,90)91-80-79-86(3,4)5)83(87)77-75-73-71-69-67-65-63-61-59-57-55-53-51-49-47-39-37-35-33-31-29-27-25-23-21-19-17-15-13-11-9-7-2/h8,10,14,16,20,22,26,28,32,34,38,40,42-43,45-46,50,52,56,58-59,61-62,64,67-70,75,77,82-83,87H,6-7,9,11-13,15,17-19,21,23-25,27,29-31,33,35-37,39,41,44,47-49,51,53-55,57,60,63,65-66,71-74,76,78-81H2,1-5H3,(H-,85,88,89,90)/p+1/b10-8-,16-14-,22-20-,28-26-,34-32-,40-38-,43-42-,46-45-,52-50-,58-56-,61-59+,64-62-,69-67+,70-68-,77-75+. The molecule has 0 rings (SSSR count). The third-order valence-electron chi connectivity index (χ3n) is 15.8. The molecule has 0 aromatic heterocycles. The van der Waals surface area contributed by atoms with Crippen molar-refractivity contribution in [2.75, 3.05) is 40.9 Å². The molecule has 93 heavy (non-hydrogen) atoms. The number of hydrogen-bond donors (Lipinski definition) is 3. The third kappa shape index (κ3) is 74.9. The van der Waals surface area contributed by atoms with Gasteiger partial charge in [0.05, 0.1) is 39.9 Å². The van der Waals surface area contributed by atoms with Crippen molar-refractivity contribution < 1.29 is 32.9 Å². The summed E-state index contributed by atoms with van der Waals surface area (Å²) in [7, 11) is 1.49. The number of aliphatic hydroxyl groups is 1. The van der Waals surface area contributed by atoms with Crippen LogP contribution in [0.4, 0.5) is 0 Å². The lowest BCUT2D eigenvalue weighted by molar-refractivity contribution is -0.870. The Bertz CT molecular complexity index is 2180. The molecule has 0 heterocycles. The Morgan fingerprint density at radius 3 is 0.989 bits per heavy atom. The van der Waals surface area contributed by atoms with Crippen molar-refractivity contribution in [3.63, 3.8) is 0 Å². The zero-order chi connectivity index (χ0) is 67.6. The van der Waals surface area contributed by atoms with Crippen molar-refractivity contribution in [1.82, 2.24) is 5.32 Å². The van der Waals surface area contributed by atoms with Gasteiger partial charge in [0.1, 0.15) is 13.2 Å². The number of unbranched alkanes of at least 4 members (excludes halogenated alkanes) is 26. The number of quaternary nitrogens is 1. The fraction of sp³-hybridized carbons (Fsp3) is 0.631. The van der Waals surface area contributed by atoms with Gasteiger partial charge in [-0.3, -0.25) is 13.8 Å². The van der Waals surface area contributed by atoms with Crippen molar-refractivity contribution in [3.8, 4) is 0 Å². The molecule has 1 amide bonds. The van der Waals surface area contributed by atoms with Crippen LogP contribution in [0.25, 0.3) is 0 Å². The van der Waals surface area contributed by atoms with E-state index in [4.69, 9.17) is 9.05 Å². The second kappa shape index (κ2) is 71.9. The van der Waals surface area contributed by atoms with Gasteiger partial charge in [-0.1, -0.05) is 331 Å². The van der Waals surface area contributed by atoms with Gasteiger partial charge in [0, 0.05) is 6.42 Å². The molecule has 8 nitrogen and oxygen atoms in total. The minimum Gasteiger partial charge on any atom is -0.387 e. The average Bonchev–Trinajstić information content (AvgIpc) is 1.94. The van der Waals surface area contributed by atoms with E-state index in [0.29, 0.717) is 17.4 Å². The molecule has 0 aliphatic carbocycles. The fourth-order valence-electron chi connectivity index (χ4n) is 10.1. The topological polar surface area (TPSA) is 105 Å². The van der Waals surface area contributed by atoms with Crippen LogP contribution in [0, 0.1) is 0 Å². The van der Waals surface area contributed by atoms with E-state index in [2.05, 4.69) is 189 Å². The number of likely N-dealkylation sites (N-methyl/N-ethyl adjacent to an activating group) is 1. The van der Waals surface area contributed by atoms with Crippen LogP contribution in [0.5, 0.6) is 0 Å². The molecule has 0 saturated heterocycles. The average molecular weight is 1310 g/mol. The first-order chi connectivity index (χ1) is 45.5. The number of aliphatic hydroxyl groups excluding tert-OH is 1. The van der Waals surface area contributed by atoms with Crippen molar-refractivity contribution in [2.45, 2.75) is 302 Å². The van der Waals surface area contributed by atoms with Crippen molar-refractivity contribution >= 4 is 13.7 Å². The van der Waals surface area contributed by atoms with Gasteiger partial charge in [0.2, 0.25) is 5.91 Å². The molecule has 0 spiro atoms. The van der Waals surface area contributed by atoms with Crippen LogP contribution in [-0.2, 0) is 18.4 Å². The number of phosphoric acid groups is 1. The highest BCUT2D eigenvalue weighted by molar-refractivity contribution is 7.47. The summed E-state index contributed by atoms with van der Waals surface area (Å²) in [5.74, 6) is -0.238. The van der Waals surface area contributed by atoms with Gasteiger partial charge < -0.3 is 19.8 Å². The number of amides is 1. The van der Waals surface area contributed by atoms with Crippen molar-refractivity contribution in [3.05, 3.63) is 182 Å². The SMILES string of the molecule is CC/C=C\C/C=C\C/C=C\C/C=C\C/C=C\C/C=C\C/C=C\C/C=C\C/C=C\C/C=C\C/C=C\C/C=C\CCCCC(=O)NC(COP(=O)(O)OCC[N+](C)(C)C)C(O)/C=C/CC/C=C/CC/C=C/CCCCCCCCCCCCCCCCCCCCCCCC. The summed E-state index contributed by atoms with van der Waals surface area (Å²) in [5, 5.41) is 14.0. The fourth-order valence-corrected chi connectivity index (χ4v) is 10.8. The van der Waals surface area contributed by atoms with Crippen LogP contribution in [-0.4, -0.2) is 73.4 Å². The number of phosphoric ester groups is 1. The normalized spacial score (nSPS) is 14.6. The van der Waals surface area contributed by atoms with Crippen LogP contribution in [0.1, 0.15) is 290 Å². The smallest absolute Gasteiger partial charge is 0.387 e. The third-order valence-corrected chi connectivity index (χ3v) is 16.8. The van der Waals surface area contributed by atoms with Gasteiger partial charge in [0.15, 0.2) is 0 Å². The van der Waals surface area contributed by atoms with Crippen LogP contribution < -0.4 is 5.32 Å². The summed E-state index contributed by atoms with van der Waals surface area (Å²) in [4.78, 5) is 23.4. The Balaban J connectivity index is 4.26. The molecule has 0 aromatic carbocycles. The number of carbonyl (C=O) groups is 1. The number of carbonyl (C=O) groups excluding carboxylic acids is 1. The van der Waals surface area contributed by atoms with Gasteiger partial charge in [-0.15, -0.1) is 0 Å². The highest BCUT2D eigenvalue weighted by Crippen LogP contribution is 2.43. The van der Waals surface area contributed by atoms with Crippen LogP contribution in [0.2, 0.25) is 0 Å². The summed E-state index contributed by atoms with van der Waals surface area (Å²) in [6, 6.07) is -0.910. The predicted octanol–water partition coefficient (Wildman–Crippen LogP) is 24.8. The largest absolute Gasteiger partial charge is 0.472 e. The van der Waals surface area contributed by atoms with Gasteiger partial charge >= 0.3 is 7.82 Å². The van der Waals surface area contributed by atoms with Crippen LogP contribution in [0.15, 0.2) is 182 Å². The Labute approximate surface area is 574 Å². The first kappa shape index (κ1) is 88.6. The maximum absolute atomic E-state index is 13.0. The van der Waals surface area contributed by atoms with E-state index in [0.717, 1.165) is 116 Å². The minimum atomic E-state index is -4.40. The summed E-state index contributed by atoms with van der Waals surface area (Å²) < 4.78 is 23.8. The first-order valence-electron chi connectivity index (χ1n) is 37.7. The molecule has 0 fully saturated rings. The molecular formula is C84H142N2O6P+. The molecule has 0 saturated carbocycles. The second-order valence-electron chi connectivity index (χ2n) is 25.9. The molecule has 0 bridgehead atoms. The molecule has 3 atom stereocenters. The molecule has 9 heteroatoms. The molecular weight excluding hydrogens is 1160 g/mol. The quantitative estimate of drug-likeness (QED) is 0.0243. The zero-order valence-corrected chi connectivity index (χ0v) is 61.3. The summed E-state index contributed by atoms with van der Waals surface area (Å²) in [5.41, 5.74) is 0. The molecule has 0 aliphatic heterocycles. The van der Waals surface area contributed by atoms with Gasteiger partial charge in [-0.2, -0.15) is 0 Å². The van der Waals surface area contributed by atoms with Gasteiger partial charge in [-0.05, 0) is 135 Å². The minimum absolute atomic E-state index is 0.0349. The van der Waals surface area contributed by atoms with Crippen LogP contribution in [0.3, 0.4) is 0 Å². The lowest BCUT2D eigenvalue weighted by atomic mass is 10.0. The van der Waals surface area contributed by atoms with Gasteiger partial charge in [-0.25, -0.2) is 4.57 Å². The number of nitrogens with zero attached hydrogens (tertiary/aromatic N) is 1. The predicted molar refractivity (Wildman–Crippen MR) is 410 cm³/mol. The van der Waals surface area contributed by atoms with Crippen LogP contribution >= 0.6 is 7.82 Å². The zero-order valence-electron chi connectivity index (χ0n) is 60.4. The summed E-state index contributed by atoms with van der Waals surface area (Å²) in [6.07, 6.45) is 115. The Morgan fingerprint density at radius 1 is 0.376 bits per heavy atom. The van der Waals surface area contributed by atoms with E-state index in [1.807, 2.05) is 27.2 Å². The number of rotatable bonds is 67. The molecule has 528 valence electrons. The maximum Gasteiger partial charge on any atom is 0.472 e. The van der Waals surface area contributed by atoms with E-state index in [1.54, 1.807) is 6.08 Å². The Morgan fingerprint density at radius 2 is 0.656 bits per heavy atom. The lowest BCUT2D eigenvalue weighted by Crippen LogP contribution is -2.45. The highest BCUT2D eigenvalue weighted by Gasteiger charge is 2.28. The monoisotopic (exact) mass is 1310 g/mol. The second-order valence-corrected chi connectivity index (χ2v) is 27.4. The van der Waals surface area contributed by atoms with Crippen molar-refractivity contribution in [2.24, 2.45) is 0 Å². The molecule has 0 aromatic rings. The maximum atomic E-state index is 13.0. The molecule has 0 aliphatic rings. The highest BCUT2D eigenvalue weighted by atomic mass is 31.2. The first-order valence-corrected chi connectivity index (χ1v) is 39.2. The summed E-state index contributed by atoms with van der Waals surface area (Å²) in [6.45, 7) is 4.64. The van der Waals surface area contributed by atoms with E-state index < -0.39 is 20.0 Å². The Kier molecular flexibility index (Phi) is 68.5. The lowest BCUT2D eigenvalue weighted by Gasteiger charge is -2.25. The summed E-state index contributed by atoms with van der Waals surface area (Å²) >= 11 is 0. The van der Waals surface area contributed by atoms with E-state index >= 15 is 0 Å². The van der Waals surface area contributed by atoms with Crippen molar-refractivity contribution in [1.29, 1.82) is 0 Å². The number of allylic oxidation sites excluding steroid dienone is 29. The van der Waals surface area contributed by atoms with E-state index in [1.165, 1.54) is 148 Å². The molecule has 0 radical (unpaired) electrons. The Hall–Kier alpha value is -4.40. The van der Waals surface area contributed by atoms with E-state index in [9.17, 15) is 19.4 Å². The number of nitrogens with one attached hydrogen (secondary N) is 1.